The van der Waals surface area contributed by atoms with E-state index in [4.69, 9.17) is 46.3 Å². The second-order valence-corrected chi connectivity index (χ2v) is 4.91. The number of hydrogen-bond acceptors (Lipinski definition) is 3. The second-order valence-electron chi connectivity index (χ2n) is 3.65. The largest absolute Gasteiger partial charge is 0.395 e. The molecule has 0 heterocycles. The third kappa shape index (κ3) is 3.53. The van der Waals surface area contributed by atoms with Crippen LogP contribution in [0.25, 0.3) is 0 Å². The Morgan fingerprint density at radius 1 is 1.53 bits per heavy atom. The molecule has 1 unspecified atom stereocenters. The number of likely N-dealkylation sites (N-methyl/N-ethyl adjacent to an activating group) is 1. The Balaban J connectivity index is 3.14. The minimum atomic E-state index is -0.330. The van der Waals surface area contributed by atoms with Crippen molar-refractivity contribution in [3.63, 3.8) is 0 Å². The van der Waals surface area contributed by atoms with Gasteiger partial charge >= 0.3 is 0 Å². The van der Waals surface area contributed by atoms with Gasteiger partial charge in [-0.1, -0.05) is 47.6 Å². The number of aliphatic hydroxyl groups excluding tert-OH is 1. The van der Waals surface area contributed by atoms with Gasteiger partial charge in [-0.05, 0) is 18.7 Å². The highest BCUT2D eigenvalue weighted by molar-refractivity contribution is 7.80. The molecule has 0 aliphatic heterocycles. The molecule has 0 spiro atoms. The highest BCUT2D eigenvalue weighted by Gasteiger charge is 2.22. The lowest BCUT2D eigenvalue weighted by molar-refractivity contribution is 0.207. The normalized spacial score (nSPS) is 12.8. The molecule has 1 atom stereocenters. The fraction of sp³-hybridized carbons (Fsp3) is 0.364. The average molecular weight is 293 g/mol. The topological polar surface area (TPSA) is 49.5 Å². The highest BCUT2D eigenvalue weighted by Crippen LogP contribution is 2.32. The molecule has 1 rings (SSSR count). The Morgan fingerprint density at radius 2 is 2.18 bits per heavy atom. The molecule has 6 heteroatoms. The molecule has 0 bridgehead atoms. The van der Waals surface area contributed by atoms with E-state index in [0.29, 0.717) is 21.6 Å². The smallest absolute Gasteiger partial charge is 0.0948 e. The molecule has 1 aromatic rings. The quantitative estimate of drug-likeness (QED) is 0.818. The summed E-state index contributed by atoms with van der Waals surface area (Å²) >= 11 is 17.1. The molecule has 0 aromatic heterocycles. The molecule has 0 fully saturated rings. The fourth-order valence-corrected chi connectivity index (χ4v) is 2.34. The van der Waals surface area contributed by atoms with Gasteiger partial charge in [0.05, 0.1) is 27.7 Å². The van der Waals surface area contributed by atoms with E-state index in [0.717, 1.165) is 5.56 Å². The Morgan fingerprint density at radius 3 is 2.71 bits per heavy atom. The lowest BCUT2D eigenvalue weighted by atomic mass is 10.1. The molecule has 94 valence electrons. The van der Waals surface area contributed by atoms with Crippen LogP contribution in [0.4, 0.5) is 0 Å². The molecule has 3 N–H and O–H groups in total. The lowest BCUT2D eigenvalue weighted by Gasteiger charge is -2.27. The van der Waals surface area contributed by atoms with E-state index in [9.17, 15) is 0 Å². The van der Waals surface area contributed by atoms with Crippen LogP contribution in [0.3, 0.4) is 0 Å². The van der Waals surface area contributed by atoms with E-state index >= 15 is 0 Å². The van der Waals surface area contributed by atoms with Crippen molar-refractivity contribution in [2.24, 2.45) is 5.73 Å². The summed E-state index contributed by atoms with van der Waals surface area (Å²) in [6.45, 7) is 0.471. The minimum absolute atomic E-state index is 0.0216. The number of nitrogens with two attached hydrogens (primary N) is 1. The number of rotatable bonds is 5. The van der Waals surface area contributed by atoms with Gasteiger partial charge in [-0.3, -0.25) is 4.90 Å². The summed E-state index contributed by atoms with van der Waals surface area (Å²) < 4.78 is 0. The lowest BCUT2D eigenvalue weighted by Crippen LogP contribution is -2.36. The summed E-state index contributed by atoms with van der Waals surface area (Å²) in [5, 5.41) is 9.86. The molecular formula is C11H14Cl2N2OS. The minimum Gasteiger partial charge on any atom is -0.395 e. The summed E-state index contributed by atoms with van der Waals surface area (Å²) in [7, 11) is 1.82. The molecule has 0 saturated carbocycles. The summed E-state index contributed by atoms with van der Waals surface area (Å²) in [6.07, 6.45) is 0. The molecule has 1 aromatic carbocycles. The van der Waals surface area contributed by atoms with Crippen molar-refractivity contribution in [1.29, 1.82) is 0 Å². The molecule has 0 aliphatic rings. The first-order valence-electron chi connectivity index (χ1n) is 5.03. The van der Waals surface area contributed by atoms with Crippen molar-refractivity contribution >= 4 is 40.4 Å². The van der Waals surface area contributed by atoms with Crippen LogP contribution in [-0.4, -0.2) is 35.2 Å². The Kier molecular flexibility index (Phi) is 5.62. The first kappa shape index (κ1) is 14.7. The third-order valence-corrected chi connectivity index (χ3v) is 3.50. The van der Waals surface area contributed by atoms with Crippen LogP contribution in [0, 0.1) is 0 Å². The Labute approximate surface area is 116 Å². The predicted molar refractivity (Wildman–Crippen MR) is 75.7 cm³/mol. The molecule has 0 amide bonds. The van der Waals surface area contributed by atoms with Crippen LogP contribution < -0.4 is 5.73 Å². The average Bonchev–Trinajstić information content (AvgIpc) is 2.24. The molecule has 0 saturated heterocycles. The van der Waals surface area contributed by atoms with Crippen LogP contribution in [-0.2, 0) is 0 Å². The van der Waals surface area contributed by atoms with Crippen molar-refractivity contribution in [3.05, 3.63) is 33.8 Å². The van der Waals surface area contributed by atoms with Gasteiger partial charge in [0.1, 0.15) is 0 Å². The summed E-state index contributed by atoms with van der Waals surface area (Å²) in [6, 6.07) is 4.99. The van der Waals surface area contributed by atoms with Gasteiger partial charge in [0.25, 0.3) is 0 Å². The van der Waals surface area contributed by atoms with Gasteiger partial charge < -0.3 is 10.8 Å². The van der Waals surface area contributed by atoms with E-state index < -0.39 is 0 Å². The maximum atomic E-state index is 8.95. The summed E-state index contributed by atoms with van der Waals surface area (Å²) in [4.78, 5) is 2.13. The van der Waals surface area contributed by atoms with Crippen LogP contribution in [0.1, 0.15) is 11.6 Å². The second kappa shape index (κ2) is 6.52. The number of aliphatic hydroxyl groups is 1. The number of nitrogens with zero attached hydrogens (tertiary/aromatic N) is 1. The van der Waals surface area contributed by atoms with Crippen LogP contribution in [0.2, 0.25) is 10.0 Å². The van der Waals surface area contributed by atoms with Crippen LogP contribution in [0.5, 0.6) is 0 Å². The number of hydrogen-bond donors (Lipinski definition) is 2. The number of halogens is 2. The summed E-state index contributed by atoms with van der Waals surface area (Å²) in [5.74, 6) is 0. The first-order valence-corrected chi connectivity index (χ1v) is 6.19. The maximum absolute atomic E-state index is 8.95. The van der Waals surface area contributed by atoms with Gasteiger partial charge in [0.15, 0.2) is 0 Å². The number of thiocarbonyl (C=S) groups is 1. The zero-order chi connectivity index (χ0) is 13.0. The van der Waals surface area contributed by atoms with Crippen molar-refractivity contribution in [2.75, 3.05) is 20.2 Å². The van der Waals surface area contributed by atoms with E-state index in [2.05, 4.69) is 0 Å². The standard InChI is InChI=1S/C11H14Cl2N2OS/c1-15(5-6-16)10(11(14)17)7-3-2-4-8(12)9(7)13/h2-4,10,16H,5-6H2,1H3,(H2,14,17). The third-order valence-electron chi connectivity index (χ3n) is 2.44. The van der Waals surface area contributed by atoms with Crippen LogP contribution in [0.15, 0.2) is 18.2 Å². The van der Waals surface area contributed by atoms with Gasteiger partial charge in [-0.15, -0.1) is 0 Å². The Bertz CT molecular complexity index is 414. The summed E-state index contributed by atoms with van der Waals surface area (Å²) in [5.41, 5.74) is 6.48. The van der Waals surface area contributed by atoms with E-state index in [-0.39, 0.29) is 12.6 Å². The van der Waals surface area contributed by atoms with Gasteiger partial charge in [-0.25, -0.2) is 0 Å². The van der Waals surface area contributed by atoms with E-state index in [1.54, 1.807) is 12.1 Å². The van der Waals surface area contributed by atoms with Crippen molar-refractivity contribution in [2.45, 2.75) is 6.04 Å². The SMILES string of the molecule is CN(CCO)C(C(N)=S)c1cccc(Cl)c1Cl. The monoisotopic (exact) mass is 292 g/mol. The first-order chi connectivity index (χ1) is 7.99. The molecular weight excluding hydrogens is 279 g/mol. The molecule has 17 heavy (non-hydrogen) atoms. The number of benzene rings is 1. The van der Waals surface area contributed by atoms with Crippen molar-refractivity contribution in [1.82, 2.24) is 4.90 Å². The maximum Gasteiger partial charge on any atom is 0.0948 e. The zero-order valence-electron chi connectivity index (χ0n) is 9.36. The van der Waals surface area contributed by atoms with Crippen molar-refractivity contribution < 1.29 is 5.11 Å². The van der Waals surface area contributed by atoms with E-state index in [1.807, 2.05) is 18.0 Å². The zero-order valence-corrected chi connectivity index (χ0v) is 11.7. The fourth-order valence-electron chi connectivity index (χ4n) is 1.63. The Hall–Kier alpha value is -0.390. The highest BCUT2D eigenvalue weighted by atomic mass is 35.5. The van der Waals surface area contributed by atoms with Crippen molar-refractivity contribution in [3.8, 4) is 0 Å². The molecule has 3 nitrogen and oxygen atoms in total. The van der Waals surface area contributed by atoms with Gasteiger partial charge in [-0.2, -0.15) is 0 Å². The van der Waals surface area contributed by atoms with Crippen LogP contribution >= 0.6 is 35.4 Å². The molecule has 0 aliphatic carbocycles. The predicted octanol–water partition coefficient (Wildman–Crippen LogP) is 2.24. The van der Waals surface area contributed by atoms with Gasteiger partial charge in [0, 0.05) is 6.54 Å². The van der Waals surface area contributed by atoms with E-state index in [1.165, 1.54) is 0 Å². The van der Waals surface area contributed by atoms with Gasteiger partial charge in [0.2, 0.25) is 0 Å². The molecule has 0 radical (unpaired) electrons.